The van der Waals surface area contributed by atoms with Gasteiger partial charge in [0.15, 0.2) is 5.82 Å². The molecule has 1 heterocycles. The Labute approximate surface area is 131 Å². The molecule has 1 N–H and O–H groups in total. The molecule has 0 unspecified atom stereocenters. The SMILES string of the molecule is CC(C)(NC(=O)OCc1ccccc1)c1ncc(Br)cn1. The molecule has 0 aliphatic rings. The highest BCUT2D eigenvalue weighted by molar-refractivity contribution is 9.10. The van der Waals surface area contributed by atoms with Crippen molar-refractivity contribution in [3.05, 3.63) is 58.6 Å². The minimum absolute atomic E-state index is 0.226. The number of hydrogen-bond donors (Lipinski definition) is 1. The van der Waals surface area contributed by atoms with Crippen LogP contribution in [0.15, 0.2) is 47.2 Å². The number of aromatic nitrogens is 2. The highest BCUT2D eigenvalue weighted by atomic mass is 79.9. The van der Waals surface area contributed by atoms with Crippen LogP contribution in [-0.2, 0) is 16.9 Å². The topological polar surface area (TPSA) is 64.1 Å². The summed E-state index contributed by atoms with van der Waals surface area (Å²) in [5.41, 5.74) is 0.222. The summed E-state index contributed by atoms with van der Waals surface area (Å²) in [6, 6.07) is 9.51. The van der Waals surface area contributed by atoms with Crippen molar-refractivity contribution >= 4 is 22.0 Å². The lowest BCUT2D eigenvalue weighted by Gasteiger charge is -2.24. The summed E-state index contributed by atoms with van der Waals surface area (Å²) in [5.74, 6) is 0.516. The van der Waals surface area contributed by atoms with E-state index in [0.29, 0.717) is 5.82 Å². The lowest BCUT2D eigenvalue weighted by molar-refractivity contribution is 0.128. The first-order chi connectivity index (χ1) is 9.97. The molecule has 1 amide bonds. The predicted molar refractivity (Wildman–Crippen MR) is 82.5 cm³/mol. The van der Waals surface area contributed by atoms with Gasteiger partial charge in [-0.2, -0.15) is 0 Å². The number of benzene rings is 1. The van der Waals surface area contributed by atoms with E-state index in [2.05, 4.69) is 31.2 Å². The van der Waals surface area contributed by atoms with Crippen molar-refractivity contribution in [2.24, 2.45) is 0 Å². The Hall–Kier alpha value is -1.95. The Morgan fingerprint density at radius 1 is 1.24 bits per heavy atom. The fraction of sp³-hybridized carbons (Fsp3) is 0.267. The number of amides is 1. The number of ether oxygens (including phenoxy) is 1. The number of rotatable bonds is 4. The molecule has 0 saturated carbocycles. The van der Waals surface area contributed by atoms with E-state index in [1.807, 2.05) is 44.2 Å². The van der Waals surface area contributed by atoms with Crippen LogP contribution >= 0.6 is 15.9 Å². The summed E-state index contributed by atoms with van der Waals surface area (Å²) in [4.78, 5) is 20.3. The molecule has 0 spiro atoms. The molecule has 110 valence electrons. The smallest absolute Gasteiger partial charge is 0.408 e. The number of nitrogens with one attached hydrogen (secondary N) is 1. The molecule has 0 aliphatic carbocycles. The third kappa shape index (κ3) is 4.53. The van der Waals surface area contributed by atoms with E-state index in [1.54, 1.807) is 12.4 Å². The minimum Gasteiger partial charge on any atom is -0.445 e. The first kappa shape index (κ1) is 15.4. The molecule has 0 aliphatic heterocycles. The fourth-order valence-electron chi connectivity index (χ4n) is 1.71. The normalized spacial score (nSPS) is 11.0. The van der Waals surface area contributed by atoms with E-state index >= 15 is 0 Å². The van der Waals surface area contributed by atoms with E-state index in [4.69, 9.17) is 4.74 Å². The average Bonchev–Trinajstić information content (AvgIpc) is 2.46. The lowest BCUT2D eigenvalue weighted by Crippen LogP contribution is -2.42. The highest BCUT2D eigenvalue weighted by Crippen LogP contribution is 2.17. The number of halogens is 1. The second-order valence-corrected chi connectivity index (χ2v) is 5.95. The molecule has 0 radical (unpaired) electrons. The number of carbonyl (C=O) groups excluding carboxylic acids is 1. The van der Waals surface area contributed by atoms with Crippen LogP contribution < -0.4 is 5.32 Å². The number of alkyl carbamates (subject to hydrolysis) is 1. The Morgan fingerprint density at radius 3 is 2.48 bits per heavy atom. The van der Waals surface area contributed by atoms with Gasteiger partial charge in [-0.15, -0.1) is 0 Å². The van der Waals surface area contributed by atoms with Gasteiger partial charge in [0.2, 0.25) is 0 Å². The van der Waals surface area contributed by atoms with Crippen LogP contribution in [0.3, 0.4) is 0 Å². The molecule has 1 aromatic carbocycles. The van der Waals surface area contributed by atoms with Gasteiger partial charge in [-0.05, 0) is 35.3 Å². The molecule has 5 nitrogen and oxygen atoms in total. The predicted octanol–water partition coefficient (Wildman–Crippen LogP) is 3.40. The van der Waals surface area contributed by atoms with Crippen LogP contribution in [0.25, 0.3) is 0 Å². The van der Waals surface area contributed by atoms with Crippen LogP contribution in [0.5, 0.6) is 0 Å². The summed E-state index contributed by atoms with van der Waals surface area (Å²) >= 11 is 3.28. The summed E-state index contributed by atoms with van der Waals surface area (Å²) in [5, 5.41) is 2.76. The molecule has 1 aromatic heterocycles. The van der Waals surface area contributed by atoms with Crippen molar-refractivity contribution in [2.75, 3.05) is 0 Å². The molecule has 0 atom stereocenters. The summed E-state index contributed by atoms with van der Waals surface area (Å²) in [6.07, 6.45) is 2.78. The maximum Gasteiger partial charge on any atom is 0.408 e. The minimum atomic E-state index is -0.714. The third-order valence-electron chi connectivity index (χ3n) is 2.81. The van der Waals surface area contributed by atoms with Crippen molar-refractivity contribution in [1.82, 2.24) is 15.3 Å². The van der Waals surface area contributed by atoms with E-state index in [-0.39, 0.29) is 6.61 Å². The second-order valence-electron chi connectivity index (χ2n) is 5.04. The average molecular weight is 350 g/mol. The van der Waals surface area contributed by atoms with Gasteiger partial charge in [0.1, 0.15) is 6.61 Å². The van der Waals surface area contributed by atoms with Crippen molar-refractivity contribution in [1.29, 1.82) is 0 Å². The molecule has 0 fully saturated rings. The second kappa shape index (κ2) is 6.67. The molecule has 2 rings (SSSR count). The summed E-state index contributed by atoms with van der Waals surface area (Å²) in [6.45, 7) is 3.87. The fourth-order valence-corrected chi connectivity index (χ4v) is 1.91. The molecular formula is C15H16BrN3O2. The summed E-state index contributed by atoms with van der Waals surface area (Å²) < 4.78 is 5.98. The molecule has 0 bridgehead atoms. The van der Waals surface area contributed by atoms with Crippen LogP contribution in [0.4, 0.5) is 4.79 Å². The Morgan fingerprint density at radius 2 is 1.86 bits per heavy atom. The standard InChI is InChI=1S/C15H16BrN3O2/c1-15(2,13-17-8-12(16)9-18-13)19-14(20)21-10-11-6-4-3-5-7-11/h3-9H,10H2,1-2H3,(H,19,20). The van der Waals surface area contributed by atoms with E-state index < -0.39 is 11.6 Å². The molecule has 2 aromatic rings. The number of hydrogen-bond acceptors (Lipinski definition) is 4. The third-order valence-corrected chi connectivity index (χ3v) is 3.22. The van der Waals surface area contributed by atoms with Crippen molar-refractivity contribution in [3.8, 4) is 0 Å². The quantitative estimate of drug-likeness (QED) is 0.918. The Bertz CT molecular complexity index is 600. The zero-order valence-electron chi connectivity index (χ0n) is 11.8. The Balaban J connectivity index is 1.93. The van der Waals surface area contributed by atoms with Gasteiger partial charge in [0.25, 0.3) is 0 Å². The van der Waals surface area contributed by atoms with Gasteiger partial charge < -0.3 is 10.1 Å². The van der Waals surface area contributed by atoms with Gasteiger partial charge in [-0.3, -0.25) is 0 Å². The molecule has 0 saturated heterocycles. The maximum absolute atomic E-state index is 11.9. The van der Waals surface area contributed by atoms with Gasteiger partial charge in [-0.25, -0.2) is 14.8 Å². The first-order valence-electron chi connectivity index (χ1n) is 6.44. The molecule has 21 heavy (non-hydrogen) atoms. The van der Waals surface area contributed by atoms with Gasteiger partial charge in [0.05, 0.1) is 10.0 Å². The van der Waals surface area contributed by atoms with Gasteiger partial charge in [0, 0.05) is 12.4 Å². The first-order valence-corrected chi connectivity index (χ1v) is 7.23. The van der Waals surface area contributed by atoms with E-state index in [1.165, 1.54) is 0 Å². The summed E-state index contributed by atoms with van der Waals surface area (Å²) in [7, 11) is 0. The zero-order chi connectivity index (χ0) is 15.3. The number of nitrogens with zero attached hydrogens (tertiary/aromatic N) is 2. The van der Waals surface area contributed by atoms with Crippen molar-refractivity contribution in [3.63, 3.8) is 0 Å². The largest absolute Gasteiger partial charge is 0.445 e. The van der Waals surface area contributed by atoms with E-state index in [9.17, 15) is 4.79 Å². The van der Waals surface area contributed by atoms with Crippen LogP contribution in [0.2, 0.25) is 0 Å². The number of carbonyl (C=O) groups is 1. The van der Waals surface area contributed by atoms with Crippen LogP contribution in [0, 0.1) is 0 Å². The highest BCUT2D eigenvalue weighted by Gasteiger charge is 2.26. The molecular weight excluding hydrogens is 334 g/mol. The zero-order valence-corrected chi connectivity index (χ0v) is 13.4. The lowest BCUT2D eigenvalue weighted by atomic mass is 10.1. The van der Waals surface area contributed by atoms with E-state index in [0.717, 1.165) is 10.0 Å². The van der Waals surface area contributed by atoms with Crippen molar-refractivity contribution < 1.29 is 9.53 Å². The van der Waals surface area contributed by atoms with Crippen LogP contribution in [0.1, 0.15) is 25.2 Å². The molecule has 6 heteroatoms. The monoisotopic (exact) mass is 349 g/mol. The Kier molecular flexibility index (Phi) is 4.90. The van der Waals surface area contributed by atoms with Gasteiger partial charge >= 0.3 is 6.09 Å². The van der Waals surface area contributed by atoms with Gasteiger partial charge in [-0.1, -0.05) is 30.3 Å². The maximum atomic E-state index is 11.9. The van der Waals surface area contributed by atoms with Crippen LogP contribution in [-0.4, -0.2) is 16.1 Å². The van der Waals surface area contributed by atoms with Crippen molar-refractivity contribution in [2.45, 2.75) is 26.0 Å².